The van der Waals surface area contributed by atoms with Gasteiger partial charge < -0.3 is 15.3 Å². The van der Waals surface area contributed by atoms with E-state index in [0.717, 1.165) is 18.8 Å². The van der Waals surface area contributed by atoms with Gasteiger partial charge in [0.1, 0.15) is 0 Å². The van der Waals surface area contributed by atoms with Crippen LogP contribution in [0.2, 0.25) is 0 Å². The Kier molecular flexibility index (Phi) is 14.5. The summed E-state index contributed by atoms with van der Waals surface area (Å²) in [7, 11) is 0. The van der Waals surface area contributed by atoms with Crippen molar-refractivity contribution in [3.8, 4) is 0 Å². The van der Waals surface area contributed by atoms with Gasteiger partial charge in [0.25, 0.3) is 0 Å². The number of rotatable bonds is 17. The molecule has 2 atom stereocenters. The van der Waals surface area contributed by atoms with E-state index in [1.807, 2.05) is 18.2 Å². The third kappa shape index (κ3) is 12.7. The zero-order chi connectivity index (χ0) is 23.8. The van der Waals surface area contributed by atoms with E-state index in [1.165, 1.54) is 56.0 Å². The maximum Gasteiger partial charge on any atom is 0.335 e. The Morgan fingerprint density at radius 2 is 1.75 bits per heavy atom. The molecule has 0 aliphatic heterocycles. The van der Waals surface area contributed by atoms with E-state index in [4.69, 9.17) is 5.11 Å². The molecule has 3 N–H and O–H groups in total. The van der Waals surface area contributed by atoms with Gasteiger partial charge in [0.05, 0.1) is 23.3 Å². The highest BCUT2D eigenvalue weighted by atomic mass is 32.2. The largest absolute Gasteiger partial charge is 0.481 e. The molecule has 5 nitrogen and oxygen atoms in total. The first-order valence-electron chi connectivity index (χ1n) is 11.5. The fourth-order valence-corrected chi connectivity index (χ4v) is 4.38. The van der Waals surface area contributed by atoms with Gasteiger partial charge in [0, 0.05) is 5.75 Å². The normalized spacial score (nSPS) is 13.8. The summed E-state index contributed by atoms with van der Waals surface area (Å²) in [6.45, 7) is 4.53. The standard InChI is InChI=1S/C26H38O5S/c1-20(2)13-10-8-6-4-3-5-7-9-11-16-23(32-18-17-24(27)28)25(29)21-14-12-15-22(19-21)26(30)31/h7,9,11-12,14-16,19-20,23,25,29H,3-6,8,10,13,17-18H2,1-2H3,(H,27,28)(H,30,31)/b9-7-,16-11+. The molecule has 0 aliphatic carbocycles. The van der Waals surface area contributed by atoms with Crippen molar-refractivity contribution in [2.24, 2.45) is 5.92 Å². The van der Waals surface area contributed by atoms with Crippen LogP contribution in [0.5, 0.6) is 0 Å². The highest BCUT2D eigenvalue weighted by Gasteiger charge is 2.20. The van der Waals surface area contributed by atoms with E-state index in [9.17, 15) is 19.8 Å². The SMILES string of the molecule is CC(C)CCCCCCC/C=C\C=C\C(SCCC(=O)O)C(O)c1cccc(C(=O)O)c1. The number of carboxylic acids is 2. The van der Waals surface area contributed by atoms with Crippen LogP contribution in [0.15, 0.2) is 48.6 Å². The van der Waals surface area contributed by atoms with Crippen molar-refractivity contribution in [1.29, 1.82) is 0 Å². The second-order valence-electron chi connectivity index (χ2n) is 8.41. The smallest absolute Gasteiger partial charge is 0.335 e. The summed E-state index contributed by atoms with van der Waals surface area (Å²) in [6, 6.07) is 6.23. The van der Waals surface area contributed by atoms with Crippen LogP contribution >= 0.6 is 11.8 Å². The van der Waals surface area contributed by atoms with E-state index < -0.39 is 18.0 Å². The molecule has 0 amide bonds. The molecule has 6 heteroatoms. The summed E-state index contributed by atoms with van der Waals surface area (Å²) in [5.74, 6) is -0.782. The molecule has 0 heterocycles. The van der Waals surface area contributed by atoms with Crippen molar-refractivity contribution in [2.75, 3.05) is 5.75 Å². The highest BCUT2D eigenvalue weighted by molar-refractivity contribution is 8.00. The Bertz CT molecular complexity index is 741. The van der Waals surface area contributed by atoms with Gasteiger partial charge in [-0.25, -0.2) is 4.79 Å². The van der Waals surface area contributed by atoms with Crippen LogP contribution in [0, 0.1) is 5.92 Å². The number of aliphatic hydroxyl groups excluding tert-OH is 1. The van der Waals surface area contributed by atoms with Crippen LogP contribution in [0.1, 0.15) is 87.2 Å². The molecule has 32 heavy (non-hydrogen) atoms. The summed E-state index contributed by atoms with van der Waals surface area (Å²) in [5, 5.41) is 28.5. The number of aromatic carboxylic acids is 1. The van der Waals surface area contributed by atoms with Gasteiger partial charge in [0.2, 0.25) is 0 Å². The molecule has 0 radical (unpaired) electrons. The average Bonchev–Trinajstić information content (AvgIpc) is 2.75. The number of aliphatic carboxylic acids is 1. The summed E-state index contributed by atoms with van der Waals surface area (Å²) in [6.07, 6.45) is 15.5. The van der Waals surface area contributed by atoms with Gasteiger partial charge in [-0.05, 0) is 36.5 Å². The molecule has 1 aromatic rings. The molecule has 2 unspecified atom stereocenters. The summed E-state index contributed by atoms with van der Waals surface area (Å²) < 4.78 is 0. The number of hydrogen-bond donors (Lipinski definition) is 3. The topological polar surface area (TPSA) is 94.8 Å². The number of benzene rings is 1. The summed E-state index contributed by atoms with van der Waals surface area (Å²) >= 11 is 1.35. The summed E-state index contributed by atoms with van der Waals surface area (Å²) in [4.78, 5) is 22.1. The van der Waals surface area contributed by atoms with Crippen molar-refractivity contribution in [3.05, 3.63) is 59.7 Å². The first kappa shape index (κ1) is 28.0. The molecular weight excluding hydrogens is 424 g/mol. The average molecular weight is 463 g/mol. The lowest BCUT2D eigenvalue weighted by Gasteiger charge is -2.20. The van der Waals surface area contributed by atoms with Crippen LogP contribution in [0.4, 0.5) is 0 Å². The van der Waals surface area contributed by atoms with Crippen molar-refractivity contribution >= 4 is 23.7 Å². The van der Waals surface area contributed by atoms with Gasteiger partial charge in [-0.3, -0.25) is 4.79 Å². The molecule has 0 aliphatic rings. The minimum absolute atomic E-state index is 0.00387. The number of carbonyl (C=O) groups is 2. The first-order valence-corrected chi connectivity index (χ1v) is 12.5. The number of aliphatic hydroxyl groups is 1. The van der Waals surface area contributed by atoms with Crippen molar-refractivity contribution < 1.29 is 24.9 Å². The third-order valence-electron chi connectivity index (χ3n) is 5.11. The molecule has 0 saturated carbocycles. The van der Waals surface area contributed by atoms with E-state index in [1.54, 1.807) is 12.1 Å². The predicted molar refractivity (Wildman–Crippen MR) is 132 cm³/mol. The van der Waals surface area contributed by atoms with E-state index >= 15 is 0 Å². The maximum atomic E-state index is 11.2. The first-order chi connectivity index (χ1) is 15.3. The van der Waals surface area contributed by atoms with Gasteiger partial charge in [-0.1, -0.05) is 82.4 Å². The lowest BCUT2D eigenvalue weighted by Crippen LogP contribution is -2.15. The van der Waals surface area contributed by atoms with Gasteiger partial charge in [-0.2, -0.15) is 11.8 Å². The Balaban J connectivity index is 2.56. The van der Waals surface area contributed by atoms with Crippen LogP contribution in [-0.4, -0.2) is 38.3 Å². The number of carboxylic acid groups (broad SMARTS) is 2. The van der Waals surface area contributed by atoms with Crippen molar-refractivity contribution in [2.45, 2.75) is 76.6 Å². The van der Waals surface area contributed by atoms with Crippen LogP contribution in [0.3, 0.4) is 0 Å². The number of thioether (sulfide) groups is 1. The molecule has 0 saturated heterocycles. The molecule has 1 aromatic carbocycles. The molecule has 1 rings (SSSR count). The molecule has 0 aromatic heterocycles. The quantitative estimate of drug-likeness (QED) is 0.181. The highest BCUT2D eigenvalue weighted by Crippen LogP contribution is 2.29. The monoisotopic (exact) mass is 462 g/mol. The summed E-state index contributed by atoms with van der Waals surface area (Å²) in [5.41, 5.74) is 0.618. The van der Waals surface area contributed by atoms with E-state index in [-0.39, 0.29) is 17.2 Å². The number of allylic oxidation sites excluding steroid dienone is 3. The van der Waals surface area contributed by atoms with Crippen LogP contribution < -0.4 is 0 Å². The predicted octanol–water partition coefficient (Wildman–Crippen LogP) is 6.49. The zero-order valence-corrected chi connectivity index (χ0v) is 20.1. The minimum atomic E-state index is -1.05. The Morgan fingerprint density at radius 3 is 2.44 bits per heavy atom. The van der Waals surface area contributed by atoms with Gasteiger partial charge in [-0.15, -0.1) is 0 Å². The minimum Gasteiger partial charge on any atom is -0.481 e. The van der Waals surface area contributed by atoms with Crippen LogP contribution in [0.25, 0.3) is 0 Å². The van der Waals surface area contributed by atoms with Crippen LogP contribution in [-0.2, 0) is 4.79 Å². The fourth-order valence-electron chi connectivity index (χ4n) is 3.27. The van der Waals surface area contributed by atoms with Gasteiger partial charge >= 0.3 is 11.9 Å². The number of unbranched alkanes of at least 4 members (excludes halogenated alkanes) is 5. The Hall–Kier alpha value is -2.05. The number of hydrogen-bond acceptors (Lipinski definition) is 4. The lowest BCUT2D eigenvalue weighted by molar-refractivity contribution is -0.136. The van der Waals surface area contributed by atoms with Gasteiger partial charge in [0.15, 0.2) is 0 Å². The molecule has 0 bridgehead atoms. The van der Waals surface area contributed by atoms with Crippen molar-refractivity contribution in [1.82, 2.24) is 0 Å². The van der Waals surface area contributed by atoms with Crippen molar-refractivity contribution in [3.63, 3.8) is 0 Å². The molecule has 0 fully saturated rings. The van der Waals surface area contributed by atoms with E-state index in [2.05, 4.69) is 19.9 Å². The zero-order valence-electron chi connectivity index (χ0n) is 19.3. The second kappa shape index (κ2) is 16.6. The third-order valence-corrected chi connectivity index (χ3v) is 6.35. The maximum absolute atomic E-state index is 11.2. The Morgan fingerprint density at radius 1 is 1.03 bits per heavy atom. The van der Waals surface area contributed by atoms with E-state index in [0.29, 0.717) is 11.3 Å². The Labute approximate surface area is 196 Å². The second-order valence-corrected chi connectivity index (χ2v) is 9.69. The molecular formula is C26H38O5S. The lowest BCUT2D eigenvalue weighted by atomic mass is 10.0. The molecule has 178 valence electrons. The fraction of sp³-hybridized carbons (Fsp3) is 0.538. The molecule has 0 spiro atoms.